The summed E-state index contributed by atoms with van der Waals surface area (Å²) >= 11 is 1.28. The second-order valence-corrected chi connectivity index (χ2v) is 7.21. The number of carbonyl (C=O) groups excluding carboxylic acids is 2. The van der Waals surface area contributed by atoms with Gasteiger partial charge in [-0.2, -0.15) is 0 Å². The minimum Gasteiger partial charge on any atom is -0.368 e. The lowest BCUT2D eigenvalue weighted by Gasteiger charge is -2.36. The molecule has 0 spiro atoms. The van der Waals surface area contributed by atoms with Crippen LogP contribution in [0.25, 0.3) is 0 Å². The number of aromatic nitrogens is 2. The number of nitrogens with one attached hydrogen (secondary N) is 1. The lowest BCUT2D eigenvalue weighted by Crippen LogP contribution is -2.49. The second kappa shape index (κ2) is 8.22. The number of anilines is 2. The highest BCUT2D eigenvalue weighted by molar-refractivity contribution is 7.14. The third-order valence-electron chi connectivity index (χ3n) is 4.52. The number of para-hydroxylation sites is 1. The van der Waals surface area contributed by atoms with Crippen LogP contribution in [0.1, 0.15) is 16.2 Å². The van der Waals surface area contributed by atoms with Crippen LogP contribution in [0.3, 0.4) is 0 Å². The fourth-order valence-electron chi connectivity index (χ4n) is 3.06. The van der Waals surface area contributed by atoms with Gasteiger partial charge in [-0.05, 0) is 12.1 Å². The summed E-state index contributed by atoms with van der Waals surface area (Å²) in [7, 11) is 0. The molecule has 1 fully saturated rings. The van der Waals surface area contributed by atoms with E-state index < -0.39 is 5.91 Å². The van der Waals surface area contributed by atoms with E-state index in [4.69, 9.17) is 4.52 Å². The number of piperazine rings is 1. The zero-order valence-corrected chi connectivity index (χ0v) is 15.9. The topological polar surface area (TPSA) is 91.6 Å². The Bertz CT molecular complexity index is 934. The van der Waals surface area contributed by atoms with Gasteiger partial charge >= 0.3 is 0 Å². The van der Waals surface area contributed by atoms with Crippen molar-refractivity contribution in [1.82, 2.24) is 15.0 Å². The van der Waals surface area contributed by atoms with E-state index >= 15 is 0 Å². The highest BCUT2D eigenvalue weighted by Crippen LogP contribution is 2.19. The third-order valence-corrected chi connectivity index (χ3v) is 5.33. The van der Waals surface area contributed by atoms with Gasteiger partial charge in [-0.15, -0.1) is 11.3 Å². The van der Waals surface area contributed by atoms with Crippen molar-refractivity contribution in [1.29, 1.82) is 0 Å². The Balaban J connectivity index is 1.29. The molecule has 1 aromatic carbocycles. The summed E-state index contributed by atoms with van der Waals surface area (Å²) in [6.45, 7) is 3.00. The maximum absolute atomic E-state index is 12.6. The highest BCUT2D eigenvalue weighted by Gasteiger charge is 2.22. The molecule has 2 amide bonds. The number of carbonyl (C=O) groups is 2. The van der Waals surface area contributed by atoms with Crippen molar-refractivity contribution < 1.29 is 14.1 Å². The lowest BCUT2D eigenvalue weighted by molar-refractivity contribution is -0.130. The van der Waals surface area contributed by atoms with Crippen molar-refractivity contribution in [3.8, 4) is 0 Å². The highest BCUT2D eigenvalue weighted by atomic mass is 32.1. The first-order valence-electron chi connectivity index (χ1n) is 8.93. The fraction of sp³-hybridized carbons (Fsp3) is 0.263. The molecule has 4 rings (SSSR count). The smallest absolute Gasteiger partial charge is 0.296 e. The number of hydrogen-bond acceptors (Lipinski definition) is 7. The molecule has 0 bridgehead atoms. The average Bonchev–Trinajstić information content (AvgIpc) is 3.41. The van der Waals surface area contributed by atoms with Gasteiger partial charge in [0.25, 0.3) is 5.91 Å². The Morgan fingerprint density at radius 1 is 1.11 bits per heavy atom. The first-order valence-corrected chi connectivity index (χ1v) is 9.81. The van der Waals surface area contributed by atoms with Crippen LogP contribution < -0.4 is 10.2 Å². The van der Waals surface area contributed by atoms with Gasteiger partial charge in [-0.25, -0.2) is 4.98 Å². The van der Waals surface area contributed by atoms with Crippen molar-refractivity contribution in [3.63, 3.8) is 0 Å². The van der Waals surface area contributed by atoms with E-state index in [9.17, 15) is 9.59 Å². The largest absolute Gasteiger partial charge is 0.368 e. The lowest BCUT2D eigenvalue weighted by atomic mass is 10.2. The molecule has 8 nitrogen and oxygen atoms in total. The molecule has 0 radical (unpaired) electrons. The summed E-state index contributed by atoms with van der Waals surface area (Å²) in [6, 6.07) is 11.7. The number of nitrogens with zero attached hydrogens (tertiary/aromatic N) is 4. The van der Waals surface area contributed by atoms with Crippen LogP contribution in [-0.4, -0.2) is 53.0 Å². The zero-order chi connectivity index (χ0) is 19.3. The van der Waals surface area contributed by atoms with Crippen LogP contribution in [0.5, 0.6) is 0 Å². The Kier molecular flexibility index (Phi) is 5.34. The average molecular weight is 397 g/mol. The van der Waals surface area contributed by atoms with E-state index in [1.54, 1.807) is 5.38 Å². The fourth-order valence-corrected chi connectivity index (χ4v) is 3.76. The molecule has 0 saturated carbocycles. The number of hydrogen-bond donors (Lipinski definition) is 1. The summed E-state index contributed by atoms with van der Waals surface area (Å²) in [4.78, 5) is 33.0. The van der Waals surface area contributed by atoms with Crippen molar-refractivity contribution in [2.75, 3.05) is 36.4 Å². The molecule has 1 N–H and O–H groups in total. The number of rotatable bonds is 5. The Hall–Kier alpha value is -3.20. The minimum absolute atomic E-state index is 0.0473. The van der Waals surface area contributed by atoms with Gasteiger partial charge in [0.15, 0.2) is 5.13 Å². The monoisotopic (exact) mass is 397 g/mol. The van der Waals surface area contributed by atoms with Crippen LogP contribution in [0.15, 0.2) is 52.5 Å². The predicted molar refractivity (Wildman–Crippen MR) is 106 cm³/mol. The van der Waals surface area contributed by atoms with Crippen LogP contribution in [0.4, 0.5) is 10.8 Å². The van der Waals surface area contributed by atoms with Crippen molar-refractivity contribution in [2.24, 2.45) is 0 Å². The number of thiazole rings is 1. The zero-order valence-electron chi connectivity index (χ0n) is 15.1. The van der Waals surface area contributed by atoms with Crippen LogP contribution in [-0.2, 0) is 11.2 Å². The molecule has 1 aliphatic rings. The van der Waals surface area contributed by atoms with Gasteiger partial charge < -0.3 is 14.3 Å². The maximum Gasteiger partial charge on any atom is 0.296 e. The van der Waals surface area contributed by atoms with Gasteiger partial charge in [0.2, 0.25) is 11.7 Å². The molecule has 1 aliphatic heterocycles. The maximum atomic E-state index is 12.6. The normalized spacial score (nSPS) is 14.1. The summed E-state index contributed by atoms with van der Waals surface area (Å²) in [5, 5.41) is 8.36. The standard InChI is InChI=1S/C19H19N5O3S/c25-17(24-10-8-23(9-11-24)15-4-2-1-3-5-15)12-14-13-28-19(21-14)22-18(26)16-6-7-20-27-16/h1-7,13H,8-12H2,(H,21,22,26). The first-order chi connectivity index (χ1) is 13.7. The molecule has 3 aromatic rings. The van der Waals surface area contributed by atoms with Crippen LogP contribution in [0, 0.1) is 0 Å². The summed E-state index contributed by atoms with van der Waals surface area (Å²) in [6.07, 6.45) is 1.62. The minimum atomic E-state index is -0.415. The molecular formula is C19H19N5O3S. The molecule has 0 unspecified atom stereocenters. The van der Waals surface area contributed by atoms with Crippen molar-refractivity contribution >= 4 is 34.0 Å². The molecule has 28 heavy (non-hydrogen) atoms. The molecule has 3 heterocycles. The summed E-state index contributed by atoms with van der Waals surface area (Å²) in [5.74, 6) is -0.253. The molecule has 9 heteroatoms. The number of amides is 2. The van der Waals surface area contributed by atoms with Gasteiger partial charge in [0.05, 0.1) is 18.3 Å². The summed E-state index contributed by atoms with van der Waals surface area (Å²) < 4.78 is 4.81. The second-order valence-electron chi connectivity index (χ2n) is 6.35. The molecule has 144 valence electrons. The van der Waals surface area contributed by atoms with Crippen LogP contribution in [0.2, 0.25) is 0 Å². The van der Waals surface area contributed by atoms with E-state index in [2.05, 4.69) is 32.5 Å². The molecule has 2 aromatic heterocycles. The van der Waals surface area contributed by atoms with E-state index in [0.717, 1.165) is 13.1 Å². The Labute approximate surface area is 165 Å². The van der Waals surface area contributed by atoms with E-state index in [-0.39, 0.29) is 18.1 Å². The van der Waals surface area contributed by atoms with Crippen molar-refractivity contribution in [3.05, 3.63) is 59.4 Å². The van der Waals surface area contributed by atoms with E-state index in [0.29, 0.717) is 23.9 Å². The van der Waals surface area contributed by atoms with Gasteiger partial charge in [0, 0.05) is 43.3 Å². The molecular weight excluding hydrogens is 378 g/mol. The SMILES string of the molecule is O=C(Nc1nc(CC(=O)N2CCN(c3ccccc3)CC2)cs1)c1ccno1. The predicted octanol–water partition coefficient (Wildman–Crippen LogP) is 2.27. The summed E-state index contributed by atoms with van der Waals surface area (Å²) in [5.41, 5.74) is 1.83. The molecule has 1 saturated heterocycles. The van der Waals surface area contributed by atoms with Gasteiger partial charge in [-0.3, -0.25) is 14.9 Å². The van der Waals surface area contributed by atoms with E-state index in [1.165, 1.54) is 29.3 Å². The Morgan fingerprint density at radius 2 is 1.89 bits per heavy atom. The first kappa shape index (κ1) is 18.2. The third kappa shape index (κ3) is 4.20. The number of benzene rings is 1. The van der Waals surface area contributed by atoms with Gasteiger partial charge in [0.1, 0.15) is 0 Å². The van der Waals surface area contributed by atoms with E-state index in [1.807, 2.05) is 23.1 Å². The van der Waals surface area contributed by atoms with Crippen molar-refractivity contribution in [2.45, 2.75) is 6.42 Å². The van der Waals surface area contributed by atoms with Crippen LogP contribution >= 0.6 is 11.3 Å². The molecule has 0 aliphatic carbocycles. The molecule has 0 atom stereocenters. The Morgan fingerprint density at radius 3 is 2.61 bits per heavy atom. The quantitative estimate of drug-likeness (QED) is 0.710. The van der Waals surface area contributed by atoms with Gasteiger partial charge in [-0.1, -0.05) is 23.4 Å².